The number of aliphatic hydroxyl groups is 4. The molecule has 0 fully saturated rings. The van der Waals surface area contributed by atoms with E-state index in [4.69, 9.17) is 0 Å². The molecular weight excluding hydrogens is 905 g/mol. The van der Waals surface area contributed by atoms with Crippen LogP contribution in [0.25, 0.3) is 0 Å². The Morgan fingerprint density at radius 3 is 0.657 bits per heavy atom. The summed E-state index contributed by atoms with van der Waals surface area (Å²) in [4.78, 5) is 17.7. The van der Waals surface area contributed by atoms with Crippen molar-refractivity contribution >= 4 is 28.0 Å². The van der Waals surface area contributed by atoms with E-state index in [1.165, 1.54) is 255 Å². The molecule has 0 aliphatic carbocycles. The van der Waals surface area contributed by atoms with Crippen molar-refractivity contribution in [2.24, 2.45) is 0 Å². The van der Waals surface area contributed by atoms with Gasteiger partial charge < -0.3 is 20.4 Å². The number of hydrogen-bond donors (Lipinski definition) is 4. The largest absolute Gasteiger partial charge is 0.392 e. The van der Waals surface area contributed by atoms with E-state index in [9.17, 15) is 25.2 Å². The highest BCUT2D eigenvalue weighted by atomic mass is 32.2. The summed E-state index contributed by atoms with van der Waals surface area (Å²) in [5.74, 6) is 1.28. The molecule has 4 N–H and O–H groups in total. The monoisotopic (exact) mass is 1030 g/mol. The zero-order valence-electron chi connectivity index (χ0n) is 47.5. The molecule has 4 unspecified atom stereocenters. The molecule has 0 rings (SSSR count). The minimum atomic E-state index is -0.416. The van der Waals surface area contributed by atoms with E-state index < -0.39 is 24.4 Å². The van der Waals surface area contributed by atoms with Crippen LogP contribution in [0.5, 0.6) is 0 Å². The van der Waals surface area contributed by atoms with Crippen LogP contribution < -0.4 is 0 Å². The molecule has 420 valence electrons. The fraction of sp³-hybridized carbons (Fsp3) is 0.984. The molecule has 0 aliphatic rings. The molecule has 0 saturated carbocycles. The average molecular weight is 1030 g/mol. The van der Waals surface area contributed by atoms with Crippen molar-refractivity contribution in [2.45, 2.75) is 335 Å². The third-order valence-corrected chi connectivity index (χ3v) is 16.6. The van der Waals surface area contributed by atoms with Crippen LogP contribution in [-0.2, 0) is 0 Å². The lowest BCUT2D eigenvalue weighted by molar-refractivity contribution is 0.0634. The molecule has 70 heavy (non-hydrogen) atoms. The summed E-state index contributed by atoms with van der Waals surface area (Å²) in [7, 11) is 0. The van der Waals surface area contributed by atoms with Gasteiger partial charge >= 0.3 is 0 Å². The molecule has 7 nitrogen and oxygen atoms in total. The number of unbranched alkanes of at least 4 members (excludes halogenated alkanes) is 36. The van der Waals surface area contributed by atoms with Gasteiger partial charge in [0.15, 0.2) is 0 Å². The standard InChI is InChI=1S/C61H124N2O5S2/c1-5-9-13-17-21-25-29-33-37-41-45-57(64)53-62(54-58(65)46-42-38-34-30-26-22-18-14-10-6-2)49-51-69-61(68)70-52-50-63(55-59(66)47-43-39-35-31-27-23-19-15-11-7-3)56-60(67)48-44-40-36-32-28-24-20-16-12-8-4/h57-60,64-67H,5-56H2,1-4H3. The summed E-state index contributed by atoms with van der Waals surface area (Å²) in [5.41, 5.74) is 0. The SMILES string of the molecule is CCCCCCCCCCCCC(O)CN(CCSC(=O)SCCN(CC(O)CCCCCCCCCCCC)CC(O)CCCCCCCCCCCC)CC(O)CCCCCCCCCCCC. The molecule has 0 amide bonds. The second kappa shape index (κ2) is 56.8. The lowest BCUT2D eigenvalue weighted by Crippen LogP contribution is -2.39. The topological polar surface area (TPSA) is 104 Å². The van der Waals surface area contributed by atoms with E-state index in [1.807, 2.05) is 0 Å². The van der Waals surface area contributed by atoms with Crippen LogP contribution in [-0.4, -0.2) is 110 Å². The van der Waals surface area contributed by atoms with Gasteiger partial charge in [0.25, 0.3) is 0 Å². The first-order valence-electron chi connectivity index (χ1n) is 31.2. The van der Waals surface area contributed by atoms with Gasteiger partial charge in [0.2, 0.25) is 4.45 Å². The predicted molar refractivity (Wildman–Crippen MR) is 313 cm³/mol. The quantitative estimate of drug-likeness (QED) is 0.0444. The molecule has 0 aromatic rings. The third-order valence-electron chi connectivity index (χ3n) is 14.7. The highest BCUT2D eigenvalue weighted by Crippen LogP contribution is 2.21. The Bertz CT molecular complexity index is 888. The summed E-state index contributed by atoms with van der Waals surface area (Å²) in [5, 5.41) is 44.5. The fourth-order valence-corrected chi connectivity index (χ4v) is 12.0. The van der Waals surface area contributed by atoms with E-state index in [2.05, 4.69) is 37.5 Å². The number of aliphatic hydroxyl groups excluding tert-OH is 4. The summed E-state index contributed by atoms with van der Waals surface area (Å²) in [6.45, 7) is 12.6. The fourth-order valence-electron chi connectivity index (χ4n) is 10.1. The summed E-state index contributed by atoms with van der Waals surface area (Å²) in [6, 6.07) is 0. The van der Waals surface area contributed by atoms with Crippen molar-refractivity contribution in [3.05, 3.63) is 0 Å². The van der Waals surface area contributed by atoms with Gasteiger partial charge in [0.05, 0.1) is 24.4 Å². The van der Waals surface area contributed by atoms with Gasteiger partial charge in [-0.25, -0.2) is 0 Å². The van der Waals surface area contributed by atoms with Gasteiger partial charge in [0.1, 0.15) is 0 Å². The third kappa shape index (κ3) is 53.0. The first kappa shape index (κ1) is 70.1. The highest BCUT2D eigenvalue weighted by molar-refractivity contribution is 8.38. The number of hydrogen-bond acceptors (Lipinski definition) is 9. The number of carbonyl (C=O) groups excluding carboxylic acids is 1. The summed E-state index contributed by atoms with van der Waals surface area (Å²) >= 11 is 2.72. The van der Waals surface area contributed by atoms with E-state index in [0.29, 0.717) is 50.8 Å². The van der Waals surface area contributed by atoms with Crippen LogP contribution in [0.15, 0.2) is 0 Å². The number of rotatable bonds is 58. The zero-order valence-corrected chi connectivity index (χ0v) is 49.1. The van der Waals surface area contributed by atoms with Crippen LogP contribution in [0, 0.1) is 0 Å². The normalized spacial score (nSPS) is 13.7. The summed E-state index contributed by atoms with van der Waals surface area (Å²) < 4.78 is 0.105. The van der Waals surface area contributed by atoms with Crippen LogP contribution in [0.4, 0.5) is 4.79 Å². The lowest BCUT2D eigenvalue weighted by atomic mass is 10.0. The van der Waals surface area contributed by atoms with Crippen molar-refractivity contribution in [3.63, 3.8) is 0 Å². The first-order chi connectivity index (χ1) is 34.2. The van der Waals surface area contributed by atoms with E-state index >= 15 is 0 Å². The number of nitrogens with zero attached hydrogens (tertiary/aromatic N) is 2. The Morgan fingerprint density at radius 2 is 0.471 bits per heavy atom. The smallest absolute Gasteiger partial charge is 0.246 e. The molecule has 0 saturated heterocycles. The molecule has 0 radical (unpaired) electrons. The molecule has 0 aromatic heterocycles. The van der Waals surface area contributed by atoms with Crippen LogP contribution in [0.1, 0.15) is 310 Å². The Kier molecular flexibility index (Phi) is 57.0. The molecule has 4 atom stereocenters. The Balaban J connectivity index is 5.03. The Morgan fingerprint density at radius 1 is 0.300 bits per heavy atom. The van der Waals surface area contributed by atoms with Crippen molar-refractivity contribution < 1.29 is 25.2 Å². The van der Waals surface area contributed by atoms with E-state index in [1.54, 1.807) is 0 Å². The van der Waals surface area contributed by atoms with Crippen molar-refractivity contribution in [1.82, 2.24) is 9.80 Å². The number of carbonyl (C=O) groups is 1. The molecule has 0 heterocycles. The number of thioether (sulfide) groups is 2. The van der Waals surface area contributed by atoms with Gasteiger partial charge in [-0.1, -0.05) is 308 Å². The minimum absolute atomic E-state index is 0.105. The average Bonchev–Trinajstić information content (AvgIpc) is 3.33. The van der Waals surface area contributed by atoms with Gasteiger partial charge in [-0.3, -0.25) is 14.6 Å². The Hall–Kier alpha value is 0.130. The second-order valence-corrected chi connectivity index (χ2v) is 24.4. The zero-order chi connectivity index (χ0) is 51.2. The molecular formula is C61H124N2O5S2. The molecule has 0 bridgehead atoms. The maximum atomic E-state index is 13.2. The molecule has 0 aliphatic heterocycles. The minimum Gasteiger partial charge on any atom is -0.392 e. The lowest BCUT2D eigenvalue weighted by Gasteiger charge is -2.27. The molecule has 9 heteroatoms. The molecule has 0 aromatic carbocycles. The van der Waals surface area contributed by atoms with E-state index in [-0.39, 0.29) is 4.45 Å². The first-order valence-corrected chi connectivity index (χ1v) is 33.2. The Labute approximate surface area is 446 Å². The van der Waals surface area contributed by atoms with Crippen molar-refractivity contribution in [1.29, 1.82) is 0 Å². The van der Waals surface area contributed by atoms with Gasteiger partial charge in [-0.2, -0.15) is 0 Å². The summed E-state index contributed by atoms with van der Waals surface area (Å²) in [6.07, 6.45) is 52.8. The van der Waals surface area contributed by atoms with Gasteiger partial charge in [-0.15, -0.1) is 0 Å². The maximum Gasteiger partial charge on any atom is 0.246 e. The molecule has 0 spiro atoms. The van der Waals surface area contributed by atoms with Crippen molar-refractivity contribution in [3.8, 4) is 0 Å². The maximum absolute atomic E-state index is 13.2. The second-order valence-electron chi connectivity index (χ2n) is 22.0. The van der Waals surface area contributed by atoms with Crippen LogP contribution in [0.2, 0.25) is 0 Å². The van der Waals surface area contributed by atoms with Gasteiger partial charge in [0, 0.05) is 50.8 Å². The highest BCUT2D eigenvalue weighted by Gasteiger charge is 2.19. The van der Waals surface area contributed by atoms with E-state index in [0.717, 1.165) is 51.4 Å². The van der Waals surface area contributed by atoms with Crippen LogP contribution in [0.3, 0.4) is 0 Å². The van der Waals surface area contributed by atoms with Crippen LogP contribution >= 0.6 is 23.5 Å². The predicted octanol–water partition coefficient (Wildman–Crippen LogP) is 17.9. The van der Waals surface area contributed by atoms with Gasteiger partial charge in [-0.05, 0) is 25.7 Å². The van der Waals surface area contributed by atoms with Crippen molar-refractivity contribution in [2.75, 3.05) is 50.8 Å².